The highest BCUT2D eigenvalue weighted by Crippen LogP contribution is 2.34. The van der Waals surface area contributed by atoms with Gasteiger partial charge in [0, 0.05) is 0 Å². The summed E-state index contributed by atoms with van der Waals surface area (Å²) in [6, 6.07) is 7.08. The molecule has 0 saturated carbocycles. The van der Waals surface area contributed by atoms with Crippen molar-refractivity contribution in [1.29, 1.82) is 0 Å². The summed E-state index contributed by atoms with van der Waals surface area (Å²) in [5.74, 6) is 0.413. The van der Waals surface area contributed by atoms with Crippen molar-refractivity contribution >= 4 is 15.9 Å². The standard InChI is InChI=1S/C20H21F3N2O5S/c1-12(14-7-8-16-17(11-14)30-10-9-29-16)24-19(26)13(2)25-31(27,28)18-6-4-3-5-15(18)20(21,22)23/h3-8,11-13,25H,9-10H2,1-2H3,(H,24,26)/t12?,13-/m0/s1. The Morgan fingerprint density at radius 2 is 1.68 bits per heavy atom. The predicted octanol–water partition coefficient (Wildman–Crippen LogP) is 3.02. The molecule has 168 valence electrons. The molecular weight excluding hydrogens is 437 g/mol. The lowest BCUT2D eigenvalue weighted by Gasteiger charge is -2.22. The van der Waals surface area contributed by atoms with Crippen molar-refractivity contribution in [3.63, 3.8) is 0 Å². The zero-order valence-electron chi connectivity index (χ0n) is 16.7. The summed E-state index contributed by atoms with van der Waals surface area (Å²) in [7, 11) is -4.60. The molecule has 7 nitrogen and oxygen atoms in total. The van der Waals surface area contributed by atoms with Gasteiger partial charge in [-0.05, 0) is 43.7 Å². The van der Waals surface area contributed by atoms with Crippen LogP contribution >= 0.6 is 0 Å². The molecule has 2 atom stereocenters. The number of alkyl halides is 3. The minimum Gasteiger partial charge on any atom is -0.486 e. The first-order valence-electron chi connectivity index (χ1n) is 9.37. The first kappa shape index (κ1) is 22.9. The van der Waals surface area contributed by atoms with Crippen molar-refractivity contribution in [2.45, 2.75) is 37.0 Å². The maximum atomic E-state index is 13.2. The van der Waals surface area contributed by atoms with Crippen LogP contribution in [0.3, 0.4) is 0 Å². The van der Waals surface area contributed by atoms with Crippen LogP contribution < -0.4 is 19.5 Å². The van der Waals surface area contributed by atoms with Crippen molar-refractivity contribution in [1.82, 2.24) is 10.0 Å². The fraction of sp³-hybridized carbons (Fsp3) is 0.350. The van der Waals surface area contributed by atoms with E-state index in [0.717, 1.165) is 12.1 Å². The van der Waals surface area contributed by atoms with Crippen LogP contribution in [-0.2, 0) is 21.0 Å². The Kier molecular flexibility index (Phi) is 6.46. The van der Waals surface area contributed by atoms with Gasteiger partial charge < -0.3 is 14.8 Å². The molecule has 0 radical (unpaired) electrons. The third-order valence-corrected chi connectivity index (χ3v) is 6.23. The monoisotopic (exact) mass is 458 g/mol. The Bertz CT molecular complexity index is 1070. The van der Waals surface area contributed by atoms with Crippen LogP contribution in [0.2, 0.25) is 0 Å². The zero-order chi connectivity index (χ0) is 22.8. The number of ether oxygens (including phenoxy) is 2. The number of fused-ring (bicyclic) bond motifs is 1. The average molecular weight is 458 g/mol. The molecule has 0 aromatic heterocycles. The molecule has 1 aliphatic heterocycles. The van der Waals surface area contributed by atoms with Gasteiger partial charge in [-0.2, -0.15) is 17.9 Å². The van der Waals surface area contributed by atoms with Gasteiger partial charge in [0.05, 0.1) is 22.5 Å². The predicted molar refractivity (Wildman–Crippen MR) is 105 cm³/mol. The van der Waals surface area contributed by atoms with Gasteiger partial charge in [0.25, 0.3) is 0 Å². The van der Waals surface area contributed by atoms with E-state index in [-0.39, 0.29) is 0 Å². The van der Waals surface area contributed by atoms with Crippen molar-refractivity contribution < 1.29 is 35.9 Å². The molecule has 2 aromatic rings. The summed E-state index contributed by atoms with van der Waals surface area (Å²) in [5.41, 5.74) is -0.616. The van der Waals surface area contributed by atoms with Gasteiger partial charge in [-0.1, -0.05) is 18.2 Å². The molecule has 0 aliphatic carbocycles. The van der Waals surface area contributed by atoms with Crippen LogP contribution in [0.15, 0.2) is 47.4 Å². The average Bonchev–Trinajstić information content (AvgIpc) is 2.72. The van der Waals surface area contributed by atoms with E-state index in [0.29, 0.717) is 36.3 Å². The van der Waals surface area contributed by atoms with Crippen LogP contribution in [0.5, 0.6) is 11.5 Å². The molecule has 0 fully saturated rings. The minimum atomic E-state index is -4.86. The van der Waals surface area contributed by atoms with Gasteiger partial charge in [0.1, 0.15) is 13.2 Å². The Hall–Kier alpha value is -2.79. The lowest BCUT2D eigenvalue weighted by atomic mass is 10.1. The lowest BCUT2D eigenvalue weighted by Crippen LogP contribution is -2.45. The number of benzene rings is 2. The molecular formula is C20H21F3N2O5S. The maximum Gasteiger partial charge on any atom is 0.417 e. The van der Waals surface area contributed by atoms with Crippen LogP contribution in [0, 0.1) is 0 Å². The topological polar surface area (TPSA) is 93.7 Å². The number of rotatable bonds is 6. The summed E-state index contributed by atoms with van der Waals surface area (Å²) >= 11 is 0. The van der Waals surface area contributed by atoms with E-state index >= 15 is 0 Å². The number of sulfonamides is 1. The highest BCUT2D eigenvalue weighted by atomic mass is 32.2. The van der Waals surface area contributed by atoms with E-state index in [9.17, 15) is 26.4 Å². The summed E-state index contributed by atoms with van der Waals surface area (Å²) in [5, 5.41) is 2.64. The highest BCUT2D eigenvalue weighted by molar-refractivity contribution is 7.89. The number of hydrogen-bond donors (Lipinski definition) is 2. The van der Waals surface area contributed by atoms with E-state index < -0.39 is 44.6 Å². The molecule has 1 amide bonds. The van der Waals surface area contributed by atoms with Gasteiger partial charge in [-0.25, -0.2) is 8.42 Å². The first-order valence-corrected chi connectivity index (χ1v) is 10.9. The van der Waals surface area contributed by atoms with Crippen molar-refractivity contribution in [3.05, 3.63) is 53.6 Å². The molecule has 1 aliphatic rings. The largest absolute Gasteiger partial charge is 0.486 e. The van der Waals surface area contributed by atoms with Gasteiger partial charge in [-0.3, -0.25) is 4.79 Å². The number of carbonyl (C=O) groups is 1. The molecule has 2 N–H and O–H groups in total. The number of amides is 1. The van der Waals surface area contributed by atoms with E-state index in [4.69, 9.17) is 9.47 Å². The van der Waals surface area contributed by atoms with Crippen molar-refractivity contribution in [2.24, 2.45) is 0 Å². The second kappa shape index (κ2) is 8.75. The highest BCUT2D eigenvalue weighted by Gasteiger charge is 2.37. The normalized spacial score (nSPS) is 15.8. The number of hydrogen-bond acceptors (Lipinski definition) is 5. The molecule has 0 spiro atoms. The van der Waals surface area contributed by atoms with Gasteiger partial charge in [0.15, 0.2) is 11.5 Å². The molecule has 0 saturated heterocycles. The zero-order valence-corrected chi connectivity index (χ0v) is 17.5. The van der Waals surface area contributed by atoms with Gasteiger partial charge >= 0.3 is 6.18 Å². The number of halogens is 3. The number of nitrogens with one attached hydrogen (secondary N) is 2. The van der Waals surface area contributed by atoms with Gasteiger partial charge in [0.2, 0.25) is 15.9 Å². The summed E-state index contributed by atoms with van der Waals surface area (Å²) in [4.78, 5) is 11.5. The molecule has 11 heteroatoms. The van der Waals surface area contributed by atoms with Crippen LogP contribution in [-0.4, -0.2) is 33.6 Å². The van der Waals surface area contributed by atoms with Crippen LogP contribution in [0.1, 0.15) is 31.0 Å². The fourth-order valence-corrected chi connectivity index (χ4v) is 4.47. The molecule has 31 heavy (non-hydrogen) atoms. The SMILES string of the molecule is CC(NC(=O)[C@H](C)NS(=O)(=O)c1ccccc1C(F)(F)F)c1ccc2c(c1)OCCO2. The van der Waals surface area contributed by atoms with E-state index in [2.05, 4.69) is 5.32 Å². The molecule has 1 unspecified atom stereocenters. The second-order valence-electron chi connectivity index (χ2n) is 6.97. The van der Waals surface area contributed by atoms with Gasteiger partial charge in [-0.15, -0.1) is 0 Å². The molecule has 2 aromatic carbocycles. The van der Waals surface area contributed by atoms with Crippen LogP contribution in [0.25, 0.3) is 0 Å². The third kappa shape index (κ3) is 5.28. The summed E-state index contributed by atoms with van der Waals surface area (Å²) in [6.45, 7) is 3.77. The van der Waals surface area contributed by atoms with E-state index in [1.54, 1.807) is 25.1 Å². The van der Waals surface area contributed by atoms with Crippen molar-refractivity contribution in [3.8, 4) is 11.5 Å². The Labute approximate surface area is 177 Å². The smallest absolute Gasteiger partial charge is 0.417 e. The number of carbonyl (C=O) groups excluding carboxylic acids is 1. The van der Waals surface area contributed by atoms with E-state index in [1.165, 1.54) is 13.0 Å². The minimum absolute atomic E-state index is 0.398. The lowest BCUT2D eigenvalue weighted by molar-refractivity contribution is -0.139. The van der Waals surface area contributed by atoms with E-state index in [1.807, 2.05) is 4.72 Å². The third-order valence-electron chi connectivity index (χ3n) is 4.63. The van der Waals surface area contributed by atoms with Crippen molar-refractivity contribution in [2.75, 3.05) is 13.2 Å². The van der Waals surface area contributed by atoms with Crippen LogP contribution in [0.4, 0.5) is 13.2 Å². The Balaban J connectivity index is 1.71. The first-order chi connectivity index (χ1) is 14.5. The fourth-order valence-electron chi connectivity index (χ4n) is 3.04. The quantitative estimate of drug-likeness (QED) is 0.694. The maximum absolute atomic E-state index is 13.2. The Morgan fingerprint density at radius 1 is 1.03 bits per heavy atom. The molecule has 3 rings (SSSR count). The summed E-state index contributed by atoms with van der Waals surface area (Å²) < 4.78 is 77.5. The molecule has 1 heterocycles. The summed E-state index contributed by atoms with van der Waals surface area (Å²) in [6.07, 6.45) is -4.86. The molecule has 0 bridgehead atoms. The second-order valence-corrected chi connectivity index (χ2v) is 8.65. The Morgan fingerprint density at radius 3 is 2.35 bits per heavy atom.